The summed E-state index contributed by atoms with van der Waals surface area (Å²) in [6.07, 6.45) is 0.453. The van der Waals surface area contributed by atoms with E-state index in [0.717, 1.165) is 19.6 Å². The molecule has 0 radical (unpaired) electrons. The van der Waals surface area contributed by atoms with E-state index in [9.17, 15) is 4.79 Å². The fraction of sp³-hybridized carbons (Fsp3) is 0.562. The molecule has 3 nitrogen and oxygen atoms in total. The maximum atomic E-state index is 11.2. The lowest BCUT2D eigenvalue weighted by Crippen LogP contribution is -2.26. The Bertz CT molecular complexity index is 384. The number of hydrogen-bond donors (Lipinski definition) is 0. The molecule has 0 saturated heterocycles. The van der Waals surface area contributed by atoms with Gasteiger partial charge in [0.2, 0.25) is 0 Å². The molecule has 106 valence electrons. The highest BCUT2D eigenvalue weighted by Crippen LogP contribution is 2.15. The second kappa shape index (κ2) is 7.95. The lowest BCUT2D eigenvalue weighted by atomic mass is 10.0. The molecular formula is C16H25NO2. The molecule has 0 N–H and O–H groups in total. The van der Waals surface area contributed by atoms with Gasteiger partial charge >= 0.3 is 5.97 Å². The van der Waals surface area contributed by atoms with Crippen LogP contribution in [0.3, 0.4) is 0 Å². The Morgan fingerprint density at radius 2 is 1.89 bits per heavy atom. The van der Waals surface area contributed by atoms with Gasteiger partial charge in [0.1, 0.15) is 0 Å². The molecule has 1 aromatic rings. The lowest BCUT2D eigenvalue weighted by Gasteiger charge is -2.20. The van der Waals surface area contributed by atoms with Crippen LogP contribution in [-0.2, 0) is 16.1 Å². The summed E-state index contributed by atoms with van der Waals surface area (Å²) in [7, 11) is 1.43. The van der Waals surface area contributed by atoms with E-state index >= 15 is 0 Å². The van der Waals surface area contributed by atoms with Gasteiger partial charge in [-0.1, -0.05) is 45.0 Å². The van der Waals surface area contributed by atoms with Crippen molar-refractivity contribution in [2.75, 3.05) is 20.2 Å². The fourth-order valence-electron chi connectivity index (χ4n) is 1.97. The summed E-state index contributed by atoms with van der Waals surface area (Å²) in [5.74, 6) is 0.421. The van der Waals surface area contributed by atoms with Crippen molar-refractivity contribution >= 4 is 5.97 Å². The largest absolute Gasteiger partial charge is 0.469 e. The molecule has 0 atom stereocenters. The number of hydrogen-bond acceptors (Lipinski definition) is 3. The molecule has 0 spiro atoms. The number of esters is 1. The number of ether oxygens (including phenoxy) is 1. The van der Waals surface area contributed by atoms with E-state index in [4.69, 9.17) is 0 Å². The van der Waals surface area contributed by atoms with Gasteiger partial charge in [-0.2, -0.15) is 0 Å². The summed E-state index contributed by atoms with van der Waals surface area (Å²) in [6.45, 7) is 9.07. The first-order valence-electron chi connectivity index (χ1n) is 6.94. The number of benzene rings is 1. The molecule has 0 aliphatic rings. The zero-order valence-corrected chi connectivity index (χ0v) is 12.5. The zero-order chi connectivity index (χ0) is 14.3. The van der Waals surface area contributed by atoms with Crippen molar-refractivity contribution in [2.45, 2.75) is 39.7 Å². The normalized spacial score (nSPS) is 11.1. The molecule has 0 bridgehead atoms. The van der Waals surface area contributed by atoms with Gasteiger partial charge in [0.15, 0.2) is 0 Å². The van der Waals surface area contributed by atoms with Crippen LogP contribution in [-0.4, -0.2) is 31.1 Å². The minimum Gasteiger partial charge on any atom is -0.469 e. The Morgan fingerprint density at radius 1 is 1.26 bits per heavy atom. The maximum Gasteiger partial charge on any atom is 0.306 e. The first-order chi connectivity index (χ1) is 9.06. The SMILES string of the molecule is CCN(CCC(=O)OC)Cc1ccc(C(C)C)cc1. The van der Waals surface area contributed by atoms with E-state index in [1.54, 1.807) is 0 Å². The number of carbonyl (C=O) groups excluding carboxylic acids is 1. The lowest BCUT2D eigenvalue weighted by molar-refractivity contribution is -0.141. The van der Waals surface area contributed by atoms with Crippen molar-refractivity contribution in [3.05, 3.63) is 35.4 Å². The molecule has 1 rings (SSSR count). The second-order valence-electron chi connectivity index (χ2n) is 5.09. The highest BCUT2D eigenvalue weighted by molar-refractivity contribution is 5.69. The predicted octanol–water partition coefficient (Wildman–Crippen LogP) is 3.20. The number of rotatable bonds is 7. The zero-order valence-electron chi connectivity index (χ0n) is 12.5. The smallest absolute Gasteiger partial charge is 0.306 e. The third-order valence-corrected chi connectivity index (χ3v) is 3.36. The van der Waals surface area contributed by atoms with Gasteiger partial charge in [-0.15, -0.1) is 0 Å². The average Bonchev–Trinajstić information content (AvgIpc) is 2.43. The molecule has 0 aliphatic heterocycles. The second-order valence-corrected chi connectivity index (χ2v) is 5.09. The van der Waals surface area contributed by atoms with Crippen molar-refractivity contribution in [1.29, 1.82) is 0 Å². The standard InChI is InChI=1S/C16H25NO2/c1-5-17(11-10-16(18)19-4)12-14-6-8-15(9-7-14)13(2)3/h6-9,13H,5,10-12H2,1-4H3. The predicted molar refractivity (Wildman–Crippen MR) is 78.1 cm³/mol. The monoisotopic (exact) mass is 263 g/mol. The van der Waals surface area contributed by atoms with Gasteiger partial charge in [-0.05, 0) is 23.6 Å². The molecule has 0 aromatic heterocycles. The maximum absolute atomic E-state index is 11.2. The molecular weight excluding hydrogens is 238 g/mol. The van der Waals surface area contributed by atoms with Crippen LogP contribution in [0.4, 0.5) is 0 Å². The Hall–Kier alpha value is -1.35. The van der Waals surface area contributed by atoms with Crippen LogP contribution in [0.25, 0.3) is 0 Å². The van der Waals surface area contributed by atoms with Crippen LogP contribution < -0.4 is 0 Å². The van der Waals surface area contributed by atoms with Gasteiger partial charge in [0.25, 0.3) is 0 Å². The molecule has 0 amide bonds. The van der Waals surface area contributed by atoms with Crippen LogP contribution in [0.15, 0.2) is 24.3 Å². The molecule has 0 fully saturated rings. The highest BCUT2D eigenvalue weighted by atomic mass is 16.5. The molecule has 19 heavy (non-hydrogen) atoms. The van der Waals surface area contributed by atoms with Crippen molar-refractivity contribution in [1.82, 2.24) is 4.90 Å². The third kappa shape index (κ3) is 5.43. The van der Waals surface area contributed by atoms with Gasteiger partial charge < -0.3 is 4.74 Å². The summed E-state index contributed by atoms with van der Waals surface area (Å²) in [5, 5.41) is 0. The van der Waals surface area contributed by atoms with Crippen LogP contribution in [0.2, 0.25) is 0 Å². The Labute approximate surface area is 116 Å². The Morgan fingerprint density at radius 3 is 2.37 bits per heavy atom. The van der Waals surface area contributed by atoms with Crippen molar-refractivity contribution in [3.63, 3.8) is 0 Å². The Kier molecular flexibility index (Phi) is 6.57. The molecule has 0 saturated carbocycles. The molecule has 1 aromatic carbocycles. The van der Waals surface area contributed by atoms with Crippen molar-refractivity contribution < 1.29 is 9.53 Å². The first kappa shape index (κ1) is 15.7. The van der Waals surface area contributed by atoms with Crippen LogP contribution in [0.5, 0.6) is 0 Å². The van der Waals surface area contributed by atoms with Crippen molar-refractivity contribution in [3.8, 4) is 0 Å². The number of methoxy groups -OCH3 is 1. The van der Waals surface area contributed by atoms with E-state index in [0.29, 0.717) is 12.3 Å². The van der Waals surface area contributed by atoms with E-state index in [1.807, 2.05) is 0 Å². The van der Waals surface area contributed by atoms with Gasteiger partial charge in [-0.25, -0.2) is 0 Å². The summed E-state index contributed by atoms with van der Waals surface area (Å²) < 4.78 is 4.67. The van der Waals surface area contributed by atoms with Crippen LogP contribution in [0.1, 0.15) is 44.2 Å². The Balaban J connectivity index is 2.53. The summed E-state index contributed by atoms with van der Waals surface area (Å²) >= 11 is 0. The van der Waals surface area contributed by atoms with Crippen LogP contribution >= 0.6 is 0 Å². The fourth-order valence-corrected chi connectivity index (χ4v) is 1.97. The number of carbonyl (C=O) groups is 1. The summed E-state index contributed by atoms with van der Waals surface area (Å²) in [6, 6.07) is 8.73. The molecule has 0 aliphatic carbocycles. The van der Waals surface area contributed by atoms with Gasteiger partial charge in [-0.3, -0.25) is 9.69 Å². The first-order valence-corrected chi connectivity index (χ1v) is 6.94. The van der Waals surface area contributed by atoms with Gasteiger partial charge in [0.05, 0.1) is 13.5 Å². The quantitative estimate of drug-likeness (QED) is 0.708. The average molecular weight is 263 g/mol. The van der Waals surface area contributed by atoms with E-state index in [1.165, 1.54) is 18.2 Å². The minimum absolute atomic E-state index is 0.145. The molecule has 0 unspecified atom stereocenters. The third-order valence-electron chi connectivity index (χ3n) is 3.36. The van der Waals surface area contributed by atoms with Crippen LogP contribution in [0, 0.1) is 0 Å². The minimum atomic E-state index is -0.145. The van der Waals surface area contributed by atoms with Gasteiger partial charge in [0, 0.05) is 13.1 Å². The topological polar surface area (TPSA) is 29.5 Å². The number of nitrogens with zero attached hydrogens (tertiary/aromatic N) is 1. The highest BCUT2D eigenvalue weighted by Gasteiger charge is 2.08. The molecule has 0 heterocycles. The van der Waals surface area contributed by atoms with E-state index in [-0.39, 0.29) is 5.97 Å². The molecule has 3 heteroatoms. The summed E-state index contributed by atoms with van der Waals surface area (Å²) in [5.41, 5.74) is 2.65. The summed E-state index contributed by atoms with van der Waals surface area (Å²) in [4.78, 5) is 13.4. The van der Waals surface area contributed by atoms with E-state index in [2.05, 4.69) is 54.7 Å². The van der Waals surface area contributed by atoms with Crippen molar-refractivity contribution in [2.24, 2.45) is 0 Å². The van der Waals surface area contributed by atoms with E-state index < -0.39 is 0 Å².